The molecular weight excluding hydrogens is 208 g/mol. The molecule has 1 nitrogen and oxygen atoms in total. The molecule has 0 amide bonds. The summed E-state index contributed by atoms with van der Waals surface area (Å²) in [4.78, 5) is 0. The Balaban J connectivity index is 1.96. The van der Waals surface area contributed by atoms with Gasteiger partial charge in [0.15, 0.2) is 6.61 Å². The van der Waals surface area contributed by atoms with Crippen LogP contribution in [0.3, 0.4) is 0 Å². The molecule has 0 N–H and O–H groups in total. The van der Waals surface area contributed by atoms with Crippen molar-refractivity contribution in [2.24, 2.45) is 0 Å². The first-order chi connectivity index (χ1) is 7.34. The van der Waals surface area contributed by atoms with Crippen molar-refractivity contribution in [3.8, 4) is 5.75 Å². The minimum atomic E-state index is 0.729. The molecule has 0 heterocycles. The van der Waals surface area contributed by atoms with Crippen molar-refractivity contribution in [1.82, 2.24) is 0 Å². The number of hydrogen-bond donors (Lipinski definition) is 0. The minimum Gasteiger partial charge on any atom is -0.481 e. The van der Waals surface area contributed by atoms with Crippen molar-refractivity contribution in [3.63, 3.8) is 0 Å². The van der Waals surface area contributed by atoms with E-state index in [1.165, 1.54) is 0 Å². The lowest BCUT2D eigenvalue weighted by molar-refractivity contribution is 0.428. The van der Waals surface area contributed by atoms with Gasteiger partial charge in [-0.05, 0) is 29.8 Å². The van der Waals surface area contributed by atoms with Crippen LogP contribution in [0.5, 0.6) is 5.75 Å². The molecule has 0 fully saturated rings. The second-order valence-electron chi connectivity index (χ2n) is 3.10. The zero-order valence-corrected chi connectivity index (χ0v) is 8.82. The highest BCUT2D eigenvalue weighted by Crippen LogP contribution is 2.14. The van der Waals surface area contributed by atoms with Crippen molar-refractivity contribution in [3.05, 3.63) is 71.8 Å². The van der Waals surface area contributed by atoms with Gasteiger partial charge in [0.05, 0.1) is 0 Å². The monoisotopic (exact) mass is 217 g/mol. The third-order valence-electron chi connectivity index (χ3n) is 1.94. The molecular formula is C13H10ClO. The van der Waals surface area contributed by atoms with Crippen LogP contribution in [0.15, 0.2) is 54.6 Å². The van der Waals surface area contributed by atoms with Crippen LogP contribution < -0.4 is 4.74 Å². The lowest BCUT2D eigenvalue weighted by Gasteiger charge is -2.04. The van der Waals surface area contributed by atoms with E-state index in [1.807, 2.05) is 54.6 Å². The smallest absolute Gasteiger partial charge is 0.165 e. The van der Waals surface area contributed by atoms with Crippen LogP contribution >= 0.6 is 11.6 Å². The molecule has 2 heteroatoms. The average molecular weight is 218 g/mol. The van der Waals surface area contributed by atoms with Gasteiger partial charge in [0, 0.05) is 5.02 Å². The summed E-state index contributed by atoms with van der Waals surface area (Å²) in [5.74, 6) is 0.826. The molecule has 75 valence electrons. The van der Waals surface area contributed by atoms with Crippen LogP contribution in [0.25, 0.3) is 0 Å². The molecule has 2 aromatic carbocycles. The topological polar surface area (TPSA) is 9.23 Å². The fourth-order valence-electron chi connectivity index (χ4n) is 1.18. The Kier molecular flexibility index (Phi) is 3.25. The third-order valence-corrected chi connectivity index (χ3v) is 2.20. The molecule has 0 aromatic heterocycles. The number of hydrogen-bond acceptors (Lipinski definition) is 1. The summed E-state index contributed by atoms with van der Waals surface area (Å²) in [6.07, 6.45) is 0. The van der Waals surface area contributed by atoms with Crippen LogP contribution in [0.1, 0.15) is 5.56 Å². The first-order valence-electron chi connectivity index (χ1n) is 4.65. The zero-order chi connectivity index (χ0) is 10.5. The third kappa shape index (κ3) is 3.00. The molecule has 1 radical (unpaired) electrons. The Hall–Kier alpha value is -1.47. The summed E-state index contributed by atoms with van der Waals surface area (Å²) in [5.41, 5.74) is 0.989. The molecule has 0 aliphatic heterocycles. The molecule has 2 aromatic rings. The lowest BCUT2D eigenvalue weighted by atomic mass is 10.2. The molecule has 0 spiro atoms. The highest BCUT2D eigenvalue weighted by molar-refractivity contribution is 6.30. The van der Waals surface area contributed by atoms with E-state index in [2.05, 4.69) is 0 Å². The molecule has 0 aliphatic rings. The van der Waals surface area contributed by atoms with Crippen molar-refractivity contribution in [2.45, 2.75) is 0 Å². The van der Waals surface area contributed by atoms with Crippen molar-refractivity contribution >= 4 is 11.6 Å². The Morgan fingerprint density at radius 2 is 1.53 bits per heavy atom. The SMILES string of the molecule is Clc1ccc([CH]Oc2ccccc2)cc1. The van der Waals surface area contributed by atoms with Gasteiger partial charge in [-0.2, -0.15) is 0 Å². The summed E-state index contributed by atoms with van der Waals surface area (Å²) >= 11 is 5.77. The second-order valence-corrected chi connectivity index (χ2v) is 3.54. The van der Waals surface area contributed by atoms with Gasteiger partial charge < -0.3 is 4.74 Å². The van der Waals surface area contributed by atoms with Crippen molar-refractivity contribution < 1.29 is 4.74 Å². The number of ether oxygens (including phenoxy) is 1. The van der Waals surface area contributed by atoms with Gasteiger partial charge >= 0.3 is 0 Å². The zero-order valence-electron chi connectivity index (χ0n) is 8.06. The fraction of sp³-hybridized carbons (Fsp3) is 0. The quantitative estimate of drug-likeness (QED) is 0.757. The van der Waals surface area contributed by atoms with Gasteiger partial charge in [-0.1, -0.05) is 41.9 Å². The van der Waals surface area contributed by atoms with Crippen molar-refractivity contribution in [1.29, 1.82) is 0 Å². The molecule has 0 atom stereocenters. The fourth-order valence-corrected chi connectivity index (χ4v) is 1.30. The first-order valence-corrected chi connectivity index (χ1v) is 5.03. The van der Waals surface area contributed by atoms with E-state index >= 15 is 0 Å². The molecule has 2 rings (SSSR count). The standard InChI is InChI=1S/C13H10ClO/c14-12-8-6-11(7-9-12)10-15-13-4-2-1-3-5-13/h1-10H. The summed E-state index contributed by atoms with van der Waals surface area (Å²) < 4.78 is 5.46. The van der Waals surface area contributed by atoms with Gasteiger partial charge in [-0.15, -0.1) is 0 Å². The maximum atomic E-state index is 5.77. The summed E-state index contributed by atoms with van der Waals surface area (Å²) in [6.45, 7) is 1.70. The van der Waals surface area contributed by atoms with E-state index < -0.39 is 0 Å². The van der Waals surface area contributed by atoms with E-state index in [0.29, 0.717) is 0 Å². The van der Waals surface area contributed by atoms with Gasteiger partial charge in [0.25, 0.3) is 0 Å². The van der Waals surface area contributed by atoms with Crippen LogP contribution in [-0.2, 0) is 0 Å². The maximum Gasteiger partial charge on any atom is 0.165 e. The van der Waals surface area contributed by atoms with E-state index in [1.54, 1.807) is 6.61 Å². The average Bonchev–Trinajstić information content (AvgIpc) is 2.30. The first kappa shape index (κ1) is 10.1. The highest BCUT2D eigenvalue weighted by Gasteiger charge is 1.95. The van der Waals surface area contributed by atoms with Crippen LogP contribution in [0.4, 0.5) is 0 Å². The van der Waals surface area contributed by atoms with E-state index in [9.17, 15) is 0 Å². The number of halogens is 1. The predicted molar refractivity (Wildman–Crippen MR) is 61.9 cm³/mol. The predicted octanol–water partition coefficient (Wildman–Crippen LogP) is 3.93. The van der Waals surface area contributed by atoms with Crippen LogP contribution in [0, 0.1) is 6.61 Å². The highest BCUT2D eigenvalue weighted by atomic mass is 35.5. The van der Waals surface area contributed by atoms with Gasteiger partial charge in [0.2, 0.25) is 0 Å². The van der Waals surface area contributed by atoms with Gasteiger partial charge in [-0.3, -0.25) is 0 Å². The van der Waals surface area contributed by atoms with E-state index in [4.69, 9.17) is 16.3 Å². The molecule has 0 bridgehead atoms. The summed E-state index contributed by atoms with van der Waals surface area (Å²) in [5, 5.41) is 0.729. The van der Waals surface area contributed by atoms with Gasteiger partial charge in [0.1, 0.15) is 5.75 Å². The maximum absolute atomic E-state index is 5.77. The molecule has 0 saturated carbocycles. The summed E-state index contributed by atoms with van der Waals surface area (Å²) in [6, 6.07) is 17.1. The molecule has 0 aliphatic carbocycles. The Morgan fingerprint density at radius 1 is 0.867 bits per heavy atom. The normalized spacial score (nSPS) is 9.93. The second kappa shape index (κ2) is 4.85. The molecule has 0 unspecified atom stereocenters. The summed E-state index contributed by atoms with van der Waals surface area (Å²) in [7, 11) is 0. The Labute approximate surface area is 94.3 Å². The van der Waals surface area contributed by atoms with E-state index in [0.717, 1.165) is 16.3 Å². The molecule has 15 heavy (non-hydrogen) atoms. The number of benzene rings is 2. The van der Waals surface area contributed by atoms with Crippen molar-refractivity contribution in [2.75, 3.05) is 0 Å². The number of para-hydroxylation sites is 1. The van der Waals surface area contributed by atoms with Crippen LogP contribution in [0.2, 0.25) is 5.02 Å². The van der Waals surface area contributed by atoms with Gasteiger partial charge in [-0.25, -0.2) is 0 Å². The number of rotatable bonds is 3. The minimum absolute atomic E-state index is 0.729. The lowest BCUT2D eigenvalue weighted by Crippen LogP contribution is -1.91. The largest absolute Gasteiger partial charge is 0.481 e. The van der Waals surface area contributed by atoms with E-state index in [-0.39, 0.29) is 0 Å². The Bertz CT molecular complexity index is 408. The Morgan fingerprint density at radius 3 is 2.20 bits per heavy atom. The van der Waals surface area contributed by atoms with Crippen LogP contribution in [-0.4, -0.2) is 0 Å². The molecule has 0 saturated heterocycles.